The summed E-state index contributed by atoms with van der Waals surface area (Å²) in [7, 11) is 2.20. The number of hydrogen-bond donors (Lipinski definition) is 1. The van der Waals surface area contributed by atoms with Crippen molar-refractivity contribution in [3.8, 4) is 0 Å². The molecule has 1 saturated heterocycles. The summed E-state index contributed by atoms with van der Waals surface area (Å²) < 4.78 is 0. The Kier molecular flexibility index (Phi) is 4.77. The zero-order valence-electron chi connectivity index (χ0n) is 10.6. The molecular weight excluding hydrogens is 208 g/mol. The Bertz CT molecular complexity index is 345. The minimum Gasteiger partial charge on any atom is -0.313 e. The van der Waals surface area contributed by atoms with Gasteiger partial charge in [-0.25, -0.2) is 0 Å². The quantitative estimate of drug-likeness (QED) is 0.780. The van der Waals surface area contributed by atoms with E-state index in [0.717, 1.165) is 19.0 Å². The third-order valence-corrected chi connectivity index (χ3v) is 3.29. The van der Waals surface area contributed by atoms with Gasteiger partial charge in [-0.1, -0.05) is 42.5 Å². The fraction of sp³-hybridized carbons (Fsp3) is 0.467. The van der Waals surface area contributed by atoms with Crippen LogP contribution in [0.15, 0.2) is 36.4 Å². The molecule has 0 spiro atoms. The molecule has 17 heavy (non-hydrogen) atoms. The lowest BCUT2D eigenvalue weighted by Gasteiger charge is -2.10. The smallest absolute Gasteiger partial charge is 0.0138 e. The van der Waals surface area contributed by atoms with Crippen molar-refractivity contribution in [2.45, 2.75) is 6.42 Å². The van der Waals surface area contributed by atoms with Crippen LogP contribution in [0, 0.1) is 5.92 Å². The average molecular weight is 230 g/mol. The molecule has 2 nitrogen and oxygen atoms in total. The molecule has 1 aliphatic heterocycles. The fourth-order valence-corrected chi connectivity index (χ4v) is 2.32. The van der Waals surface area contributed by atoms with Gasteiger partial charge in [0.2, 0.25) is 0 Å². The van der Waals surface area contributed by atoms with E-state index in [1.807, 2.05) is 6.07 Å². The molecule has 1 atom stereocenters. The molecular formula is C15H22N2. The second-order valence-corrected chi connectivity index (χ2v) is 4.89. The number of rotatable bonds is 5. The first-order chi connectivity index (χ1) is 8.34. The summed E-state index contributed by atoms with van der Waals surface area (Å²) in [6.07, 6.45) is 5.72. The van der Waals surface area contributed by atoms with Gasteiger partial charge in [-0.05, 0) is 38.0 Å². The number of nitrogens with one attached hydrogen (secondary N) is 1. The minimum atomic E-state index is 0.838. The first-order valence-corrected chi connectivity index (χ1v) is 6.45. The molecule has 1 N–H and O–H groups in total. The van der Waals surface area contributed by atoms with E-state index in [2.05, 4.69) is 53.7 Å². The van der Waals surface area contributed by atoms with Gasteiger partial charge in [0.15, 0.2) is 0 Å². The molecule has 1 heterocycles. The van der Waals surface area contributed by atoms with Crippen LogP contribution in [0.2, 0.25) is 0 Å². The summed E-state index contributed by atoms with van der Waals surface area (Å²) in [6.45, 7) is 4.61. The Labute approximate surface area is 104 Å². The molecule has 1 fully saturated rings. The molecule has 0 radical (unpaired) electrons. The standard InChI is InChI=1S/C15H22N2/c1-17-11-9-15(13-17)12-16-10-5-8-14-6-3-2-4-7-14/h2-8,15-16H,9-13H2,1H3. The highest BCUT2D eigenvalue weighted by Crippen LogP contribution is 2.12. The van der Waals surface area contributed by atoms with Crippen molar-refractivity contribution in [1.82, 2.24) is 10.2 Å². The maximum absolute atomic E-state index is 3.50. The van der Waals surface area contributed by atoms with Crippen molar-refractivity contribution < 1.29 is 0 Å². The van der Waals surface area contributed by atoms with Crippen LogP contribution >= 0.6 is 0 Å². The van der Waals surface area contributed by atoms with Crippen LogP contribution in [0.5, 0.6) is 0 Å². The molecule has 0 amide bonds. The highest BCUT2D eigenvalue weighted by Gasteiger charge is 2.18. The minimum absolute atomic E-state index is 0.838. The second-order valence-electron chi connectivity index (χ2n) is 4.89. The Morgan fingerprint density at radius 1 is 1.35 bits per heavy atom. The predicted octanol–water partition coefficient (Wildman–Crippen LogP) is 2.24. The van der Waals surface area contributed by atoms with Crippen LogP contribution in [-0.4, -0.2) is 38.1 Å². The van der Waals surface area contributed by atoms with Gasteiger partial charge < -0.3 is 10.2 Å². The van der Waals surface area contributed by atoms with Gasteiger partial charge in [-0.2, -0.15) is 0 Å². The van der Waals surface area contributed by atoms with E-state index in [4.69, 9.17) is 0 Å². The van der Waals surface area contributed by atoms with E-state index in [1.165, 1.54) is 25.1 Å². The van der Waals surface area contributed by atoms with Crippen molar-refractivity contribution in [3.05, 3.63) is 42.0 Å². The molecule has 92 valence electrons. The normalized spacial score (nSPS) is 21.4. The summed E-state index contributed by atoms with van der Waals surface area (Å²) in [4.78, 5) is 2.41. The van der Waals surface area contributed by atoms with Gasteiger partial charge in [0.1, 0.15) is 0 Å². The summed E-state index contributed by atoms with van der Waals surface area (Å²) in [5.41, 5.74) is 1.27. The Balaban J connectivity index is 1.62. The van der Waals surface area contributed by atoms with Crippen molar-refractivity contribution >= 4 is 6.08 Å². The molecule has 1 aromatic rings. The van der Waals surface area contributed by atoms with Gasteiger partial charge in [-0.3, -0.25) is 0 Å². The average Bonchev–Trinajstić information content (AvgIpc) is 2.76. The van der Waals surface area contributed by atoms with Crippen LogP contribution in [0.3, 0.4) is 0 Å². The number of hydrogen-bond acceptors (Lipinski definition) is 2. The largest absolute Gasteiger partial charge is 0.313 e. The maximum atomic E-state index is 3.50. The molecule has 0 saturated carbocycles. The Morgan fingerprint density at radius 2 is 2.18 bits per heavy atom. The number of nitrogens with zero attached hydrogens (tertiary/aromatic N) is 1. The molecule has 1 aliphatic rings. The van der Waals surface area contributed by atoms with Crippen molar-refractivity contribution in [2.24, 2.45) is 5.92 Å². The number of benzene rings is 1. The topological polar surface area (TPSA) is 15.3 Å². The highest BCUT2D eigenvalue weighted by molar-refractivity contribution is 5.48. The zero-order chi connectivity index (χ0) is 11.9. The van der Waals surface area contributed by atoms with Gasteiger partial charge >= 0.3 is 0 Å². The Hall–Kier alpha value is -1.12. The summed E-state index contributed by atoms with van der Waals surface area (Å²) in [5.74, 6) is 0.838. The lowest BCUT2D eigenvalue weighted by atomic mass is 10.1. The van der Waals surface area contributed by atoms with Crippen LogP contribution in [0.4, 0.5) is 0 Å². The fourth-order valence-electron chi connectivity index (χ4n) is 2.32. The molecule has 0 aliphatic carbocycles. The summed E-state index contributed by atoms with van der Waals surface area (Å²) in [6, 6.07) is 10.4. The van der Waals surface area contributed by atoms with E-state index in [1.54, 1.807) is 0 Å². The molecule has 2 rings (SSSR count). The van der Waals surface area contributed by atoms with Crippen LogP contribution < -0.4 is 5.32 Å². The third kappa shape index (κ3) is 4.33. The van der Waals surface area contributed by atoms with E-state index in [-0.39, 0.29) is 0 Å². The lowest BCUT2D eigenvalue weighted by molar-refractivity contribution is 0.390. The predicted molar refractivity (Wildman–Crippen MR) is 73.9 cm³/mol. The monoisotopic (exact) mass is 230 g/mol. The molecule has 1 aromatic carbocycles. The lowest BCUT2D eigenvalue weighted by Crippen LogP contribution is -2.25. The first-order valence-electron chi connectivity index (χ1n) is 6.45. The van der Waals surface area contributed by atoms with Gasteiger partial charge in [0, 0.05) is 13.1 Å². The second kappa shape index (κ2) is 6.58. The maximum Gasteiger partial charge on any atom is 0.0138 e. The summed E-state index contributed by atoms with van der Waals surface area (Å²) >= 11 is 0. The van der Waals surface area contributed by atoms with Crippen molar-refractivity contribution in [2.75, 3.05) is 33.2 Å². The van der Waals surface area contributed by atoms with Gasteiger partial charge in [0.05, 0.1) is 0 Å². The SMILES string of the molecule is CN1CCC(CNCC=Cc2ccccc2)C1. The molecule has 1 unspecified atom stereocenters. The van der Waals surface area contributed by atoms with Crippen LogP contribution in [0.1, 0.15) is 12.0 Å². The van der Waals surface area contributed by atoms with E-state index in [9.17, 15) is 0 Å². The van der Waals surface area contributed by atoms with Crippen LogP contribution in [-0.2, 0) is 0 Å². The third-order valence-electron chi connectivity index (χ3n) is 3.29. The summed E-state index contributed by atoms with van der Waals surface area (Å²) in [5, 5.41) is 3.50. The van der Waals surface area contributed by atoms with E-state index < -0.39 is 0 Å². The Morgan fingerprint density at radius 3 is 2.88 bits per heavy atom. The highest BCUT2D eigenvalue weighted by atomic mass is 15.1. The molecule has 0 bridgehead atoms. The van der Waals surface area contributed by atoms with Gasteiger partial charge in [0.25, 0.3) is 0 Å². The van der Waals surface area contributed by atoms with Crippen molar-refractivity contribution in [3.63, 3.8) is 0 Å². The molecule has 2 heteroatoms. The van der Waals surface area contributed by atoms with Crippen molar-refractivity contribution in [1.29, 1.82) is 0 Å². The first kappa shape index (κ1) is 12.3. The number of likely N-dealkylation sites (tertiary alicyclic amines) is 1. The van der Waals surface area contributed by atoms with Crippen LogP contribution in [0.25, 0.3) is 6.08 Å². The van der Waals surface area contributed by atoms with E-state index >= 15 is 0 Å². The zero-order valence-corrected chi connectivity index (χ0v) is 10.6. The van der Waals surface area contributed by atoms with E-state index in [0.29, 0.717) is 0 Å². The van der Waals surface area contributed by atoms with Gasteiger partial charge in [-0.15, -0.1) is 0 Å². The molecule has 0 aromatic heterocycles.